The van der Waals surface area contributed by atoms with Crippen molar-refractivity contribution in [2.45, 2.75) is 25.7 Å². The monoisotopic (exact) mass is 246 g/mol. The maximum absolute atomic E-state index is 13.5. The lowest BCUT2D eigenvalue weighted by Gasteiger charge is -2.19. The molecule has 92 valence electrons. The van der Waals surface area contributed by atoms with E-state index in [1.165, 1.54) is 12.1 Å². The van der Waals surface area contributed by atoms with E-state index in [4.69, 9.17) is 5.26 Å². The maximum Gasteiger partial charge on any atom is 0.233 e. The Morgan fingerprint density at radius 2 is 1.78 bits per heavy atom. The average molecular weight is 246 g/mol. The molecule has 18 heavy (non-hydrogen) atoms. The standard InChI is InChI=1S/C13H11FN2O2/c14-10-4-3-5-11(9(10)8-15)16-12(17)6-1-2-7-13(16)18/h3-5H,1-2,6-7H2. The van der Waals surface area contributed by atoms with Crippen molar-refractivity contribution in [1.29, 1.82) is 5.26 Å². The molecular weight excluding hydrogens is 235 g/mol. The van der Waals surface area contributed by atoms with Gasteiger partial charge in [0, 0.05) is 12.8 Å². The normalized spacial score (nSPS) is 16.3. The number of imide groups is 1. The summed E-state index contributed by atoms with van der Waals surface area (Å²) < 4.78 is 13.5. The molecule has 1 aliphatic heterocycles. The number of anilines is 1. The summed E-state index contributed by atoms with van der Waals surface area (Å²) >= 11 is 0. The summed E-state index contributed by atoms with van der Waals surface area (Å²) in [6.07, 6.45) is 1.76. The minimum Gasteiger partial charge on any atom is -0.274 e. The minimum absolute atomic E-state index is 0.0504. The van der Waals surface area contributed by atoms with Gasteiger partial charge in [-0.3, -0.25) is 9.59 Å². The van der Waals surface area contributed by atoms with Crippen molar-refractivity contribution in [3.63, 3.8) is 0 Å². The van der Waals surface area contributed by atoms with Crippen molar-refractivity contribution in [1.82, 2.24) is 0 Å². The Morgan fingerprint density at radius 1 is 1.17 bits per heavy atom. The SMILES string of the molecule is N#Cc1c(F)cccc1N1C(=O)CCCCC1=O. The van der Waals surface area contributed by atoms with Crippen molar-refractivity contribution in [2.75, 3.05) is 4.90 Å². The van der Waals surface area contributed by atoms with E-state index in [1.807, 2.05) is 0 Å². The molecule has 0 saturated carbocycles. The summed E-state index contributed by atoms with van der Waals surface area (Å²) in [6, 6.07) is 5.64. The predicted octanol–water partition coefficient (Wildman–Crippen LogP) is 2.13. The van der Waals surface area contributed by atoms with Gasteiger partial charge in [0.1, 0.15) is 17.4 Å². The number of benzene rings is 1. The summed E-state index contributed by atoms with van der Waals surface area (Å²) in [4.78, 5) is 24.7. The molecule has 1 fully saturated rings. The lowest BCUT2D eigenvalue weighted by Crippen LogP contribution is -2.35. The van der Waals surface area contributed by atoms with Gasteiger partial charge in [0.25, 0.3) is 0 Å². The average Bonchev–Trinajstić information content (AvgIpc) is 2.50. The molecule has 1 aliphatic rings. The van der Waals surface area contributed by atoms with E-state index in [0.29, 0.717) is 12.8 Å². The molecule has 0 radical (unpaired) electrons. The van der Waals surface area contributed by atoms with Gasteiger partial charge in [-0.15, -0.1) is 0 Å². The van der Waals surface area contributed by atoms with Gasteiger partial charge >= 0.3 is 0 Å². The Hall–Kier alpha value is -2.22. The fourth-order valence-corrected chi connectivity index (χ4v) is 1.99. The van der Waals surface area contributed by atoms with Crippen molar-refractivity contribution in [3.05, 3.63) is 29.6 Å². The lowest BCUT2D eigenvalue weighted by molar-refractivity contribution is -0.125. The van der Waals surface area contributed by atoms with Crippen LogP contribution in [0.15, 0.2) is 18.2 Å². The second-order valence-electron chi connectivity index (χ2n) is 4.08. The molecule has 4 nitrogen and oxygen atoms in total. The molecule has 0 unspecified atom stereocenters. The van der Waals surface area contributed by atoms with Crippen LogP contribution in [-0.4, -0.2) is 11.8 Å². The number of amides is 2. The van der Waals surface area contributed by atoms with Gasteiger partial charge in [0.05, 0.1) is 5.69 Å². The smallest absolute Gasteiger partial charge is 0.233 e. The Bertz CT molecular complexity index is 530. The first-order valence-electron chi connectivity index (χ1n) is 5.69. The van der Waals surface area contributed by atoms with E-state index in [9.17, 15) is 14.0 Å². The van der Waals surface area contributed by atoms with Gasteiger partial charge < -0.3 is 0 Å². The van der Waals surface area contributed by atoms with Gasteiger partial charge in [-0.1, -0.05) is 6.07 Å². The first-order valence-corrected chi connectivity index (χ1v) is 5.69. The Kier molecular flexibility index (Phi) is 3.38. The summed E-state index contributed by atoms with van der Waals surface area (Å²) in [5.41, 5.74) is -0.212. The quantitative estimate of drug-likeness (QED) is 0.713. The number of halogens is 1. The number of nitriles is 1. The second-order valence-corrected chi connectivity index (χ2v) is 4.08. The highest BCUT2D eigenvalue weighted by Gasteiger charge is 2.28. The van der Waals surface area contributed by atoms with Gasteiger partial charge in [0.15, 0.2) is 0 Å². The van der Waals surface area contributed by atoms with Crippen molar-refractivity contribution < 1.29 is 14.0 Å². The topological polar surface area (TPSA) is 61.2 Å². The fourth-order valence-electron chi connectivity index (χ4n) is 1.99. The summed E-state index contributed by atoms with van der Waals surface area (Å²) in [7, 11) is 0. The molecule has 5 heteroatoms. The number of hydrogen-bond acceptors (Lipinski definition) is 3. The minimum atomic E-state index is -0.722. The Balaban J connectivity index is 2.52. The van der Waals surface area contributed by atoms with Crippen LogP contribution < -0.4 is 4.90 Å². The van der Waals surface area contributed by atoms with Crippen LogP contribution in [0.2, 0.25) is 0 Å². The molecule has 1 saturated heterocycles. The van der Waals surface area contributed by atoms with Gasteiger partial charge in [-0.25, -0.2) is 9.29 Å². The zero-order valence-electron chi connectivity index (χ0n) is 9.65. The molecule has 0 bridgehead atoms. The van der Waals surface area contributed by atoms with Crippen LogP contribution in [-0.2, 0) is 9.59 Å². The number of hydrogen-bond donors (Lipinski definition) is 0. The molecule has 1 aromatic carbocycles. The van der Waals surface area contributed by atoms with Crippen molar-refractivity contribution in [3.8, 4) is 6.07 Å². The largest absolute Gasteiger partial charge is 0.274 e. The maximum atomic E-state index is 13.5. The van der Waals surface area contributed by atoms with Crippen LogP contribution in [0.3, 0.4) is 0 Å². The summed E-state index contributed by atoms with van der Waals surface area (Å²) in [5.74, 6) is -1.47. The van der Waals surface area contributed by atoms with Gasteiger partial charge in [0.2, 0.25) is 11.8 Å². The van der Waals surface area contributed by atoms with Crippen LogP contribution in [0.4, 0.5) is 10.1 Å². The van der Waals surface area contributed by atoms with Crippen LogP contribution in [0.1, 0.15) is 31.2 Å². The zero-order valence-corrected chi connectivity index (χ0v) is 9.65. The van der Waals surface area contributed by atoms with E-state index in [1.54, 1.807) is 6.07 Å². The summed E-state index contributed by atoms with van der Waals surface area (Å²) in [5, 5.41) is 8.93. The molecule has 1 heterocycles. The van der Waals surface area contributed by atoms with Crippen LogP contribution >= 0.6 is 0 Å². The number of rotatable bonds is 1. The lowest BCUT2D eigenvalue weighted by atomic mass is 10.1. The molecular formula is C13H11FN2O2. The second kappa shape index (κ2) is 4.96. The van der Waals surface area contributed by atoms with Gasteiger partial charge in [-0.05, 0) is 25.0 Å². The Morgan fingerprint density at radius 3 is 2.33 bits per heavy atom. The highest BCUT2D eigenvalue weighted by molar-refractivity contribution is 6.15. The van der Waals surface area contributed by atoms with E-state index in [0.717, 1.165) is 11.0 Å². The molecule has 0 N–H and O–H groups in total. The third-order valence-electron chi connectivity index (χ3n) is 2.87. The van der Waals surface area contributed by atoms with Crippen LogP contribution in [0.25, 0.3) is 0 Å². The van der Waals surface area contributed by atoms with Crippen LogP contribution in [0.5, 0.6) is 0 Å². The van der Waals surface area contributed by atoms with Crippen LogP contribution in [0, 0.1) is 17.1 Å². The number of carbonyl (C=O) groups is 2. The molecule has 1 aromatic rings. The molecule has 0 spiro atoms. The highest BCUT2D eigenvalue weighted by atomic mass is 19.1. The summed E-state index contributed by atoms with van der Waals surface area (Å²) in [6.45, 7) is 0. The third-order valence-corrected chi connectivity index (χ3v) is 2.87. The Labute approximate surface area is 104 Å². The third kappa shape index (κ3) is 2.09. The number of carbonyl (C=O) groups excluding carboxylic acids is 2. The predicted molar refractivity (Wildman–Crippen MR) is 62.1 cm³/mol. The molecule has 2 amide bonds. The van der Waals surface area contributed by atoms with E-state index in [-0.39, 0.29) is 35.9 Å². The first-order chi connectivity index (χ1) is 8.65. The van der Waals surface area contributed by atoms with E-state index in [2.05, 4.69) is 0 Å². The highest BCUT2D eigenvalue weighted by Crippen LogP contribution is 2.26. The van der Waals surface area contributed by atoms with Gasteiger partial charge in [-0.2, -0.15) is 5.26 Å². The van der Waals surface area contributed by atoms with Crippen molar-refractivity contribution in [2.24, 2.45) is 0 Å². The number of nitrogens with zero attached hydrogens (tertiary/aromatic N) is 2. The molecule has 0 atom stereocenters. The van der Waals surface area contributed by atoms with E-state index < -0.39 is 5.82 Å². The molecule has 0 aliphatic carbocycles. The molecule has 2 rings (SSSR count). The zero-order chi connectivity index (χ0) is 13.1. The molecule has 0 aromatic heterocycles. The first kappa shape index (κ1) is 12.2. The van der Waals surface area contributed by atoms with Crippen molar-refractivity contribution >= 4 is 17.5 Å². The van der Waals surface area contributed by atoms with E-state index >= 15 is 0 Å². The fraction of sp³-hybridized carbons (Fsp3) is 0.308.